The van der Waals surface area contributed by atoms with E-state index in [9.17, 15) is 19.2 Å². The molecule has 16 heavy (non-hydrogen) atoms. The molecule has 0 fully saturated rings. The average molecular weight is 227 g/mol. The molecule has 0 radical (unpaired) electrons. The van der Waals surface area contributed by atoms with E-state index in [0.717, 1.165) is 0 Å². The number of carboxylic acid groups (broad SMARTS) is 3. The predicted molar refractivity (Wildman–Crippen MR) is 47.9 cm³/mol. The van der Waals surface area contributed by atoms with Crippen LogP contribution in [-0.2, 0) is 0 Å². The van der Waals surface area contributed by atoms with Gasteiger partial charge in [0.25, 0.3) is 5.56 Å². The van der Waals surface area contributed by atoms with E-state index in [1.807, 2.05) is 0 Å². The summed E-state index contributed by atoms with van der Waals surface area (Å²) in [4.78, 5) is 44.5. The van der Waals surface area contributed by atoms with Crippen molar-refractivity contribution in [2.75, 3.05) is 0 Å². The molecule has 1 heterocycles. The first-order valence-electron chi connectivity index (χ1n) is 3.81. The molecule has 0 aliphatic rings. The summed E-state index contributed by atoms with van der Waals surface area (Å²) in [6.45, 7) is 0. The highest BCUT2D eigenvalue weighted by Gasteiger charge is 2.21. The van der Waals surface area contributed by atoms with Crippen molar-refractivity contribution in [3.05, 3.63) is 33.2 Å². The number of carboxylic acids is 3. The molecule has 8 nitrogen and oxygen atoms in total. The van der Waals surface area contributed by atoms with Gasteiger partial charge in [0.1, 0.15) is 11.3 Å². The molecule has 0 saturated heterocycles. The van der Waals surface area contributed by atoms with Crippen LogP contribution < -0.4 is 5.56 Å². The van der Waals surface area contributed by atoms with Crippen LogP contribution in [0.5, 0.6) is 0 Å². The van der Waals surface area contributed by atoms with Crippen molar-refractivity contribution in [3.8, 4) is 0 Å². The van der Waals surface area contributed by atoms with E-state index in [2.05, 4.69) is 0 Å². The molecule has 0 unspecified atom stereocenters. The first kappa shape index (κ1) is 11.4. The molecular formula is C8H5NO7. The highest BCUT2D eigenvalue weighted by atomic mass is 16.4. The van der Waals surface area contributed by atoms with E-state index in [1.54, 1.807) is 4.98 Å². The van der Waals surface area contributed by atoms with E-state index < -0.39 is 40.3 Å². The Morgan fingerprint density at radius 2 is 1.44 bits per heavy atom. The Hall–Kier alpha value is -2.64. The van der Waals surface area contributed by atoms with E-state index in [1.165, 1.54) is 0 Å². The van der Waals surface area contributed by atoms with E-state index in [-0.39, 0.29) is 0 Å². The first-order chi connectivity index (χ1) is 7.34. The summed E-state index contributed by atoms with van der Waals surface area (Å²) in [5.74, 6) is -4.94. The molecule has 4 N–H and O–H groups in total. The number of rotatable bonds is 3. The molecule has 0 bridgehead atoms. The summed E-state index contributed by atoms with van der Waals surface area (Å²) in [6, 6.07) is 0.507. The minimum absolute atomic E-state index is 0.507. The van der Waals surface area contributed by atoms with Crippen LogP contribution in [0.2, 0.25) is 0 Å². The number of hydrogen-bond acceptors (Lipinski definition) is 4. The van der Waals surface area contributed by atoms with Crippen LogP contribution in [0.1, 0.15) is 31.2 Å². The van der Waals surface area contributed by atoms with Crippen molar-refractivity contribution in [2.45, 2.75) is 0 Å². The van der Waals surface area contributed by atoms with Crippen LogP contribution in [0.15, 0.2) is 10.9 Å². The lowest BCUT2D eigenvalue weighted by atomic mass is 10.1. The molecule has 8 heteroatoms. The molecule has 0 atom stereocenters. The van der Waals surface area contributed by atoms with Crippen molar-refractivity contribution < 1.29 is 29.7 Å². The highest BCUT2D eigenvalue weighted by molar-refractivity contribution is 6.02. The number of aromatic amines is 1. The summed E-state index contributed by atoms with van der Waals surface area (Å²) in [6.07, 6.45) is 0. The van der Waals surface area contributed by atoms with Crippen molar-refractivity contribution in [2.24, 2.45) is 0 Å². The molecule has 1 aromatic heterocycles. The van der Waals surface area contributed by atoms with Gasteiger partial charge >= 0.3 is 17.9 Å². The normalized spacial score (nSPS) is 9.75. The van der Waals surface area contributed by atoms with Crippen LogP contribution in [0.25, 0.3) is 0 Å². The number of pyridine rings is 1. The van der Waals surface area contributed by atoms with Crippen molar-refractivity contribution in [3.63, 3.8) is 0 Å². The third-order valence-electron chi connectivity index (χ3n) is 1.72. The summed E-state index contributed by atoms with van der Waals surface area (Å²) in [5.41, 5.74) is -3.65. The summed E-state index contributed by atoms with van der Waals surface area (Å²) in [5, 5.41) is 25.8. The van der Waals surface area contributed by atoms with Crippen LogP contribution in [0, 0.1) is 0 Å². The predicted octanol–water partition coefficient (Wildman–Crippen LogP) is -0.530. The molecule has 0 spiro atoms. The summed E-state index contributed by atoms with van der Waals surface area (Å²) in [7, 11) is 0. The fourth-order valence-corrected chi connectivity index (χ4v) is 1.03. The molecule has 1 aromatic rings. The Morgan fingerprint density at radius 3 is 1.81 bits per heavy atom. The number of H-pyrrole nitrogens is 1. The lowest BCUT2D eigenvalue weighted by molar-refractivity contribution is 0.0642. The Bertz CT molecular complexity index is 542. The number of nitrogens with one attached hydrogen (secondary N) is 1. The summed E-state index contributed by atoms with van der Waals surface area (Å²) < 4.78 is 0. The zero-order valence-electron chi connectivity index (χ0n) is 7.55. The van der Waals surface area contributed by atoms with Gasteiger partial charge in [-0.1, -0.05) is 0 Å². The van der Waals surface area contributed by atoms with Crippen molar-refractivity contribution in [1.82, 2.24) is 4.98 Å². The van der Waals surface area contributed by atoms with Gasteiger partial charge < -0.3 is 20.3 Å². The zero-order valence-corrected chi connectivity index (χ0v) is 7.55. The molecule has 0 amide bonds. The van der Waals surface area contributed by atoms with Gasteiger partial charge in [-0.25, -0.2) is 14.4 Å². The molecule has 0 aliphatic carbocycles. The Morgan fingerprint density at radius 1 is 0.938 bits per heavy atom. The molecule has 1 rings (SSSR count). The number of aromatic carboxylic acids is 3. The maximum Gasteiger partial charge on any atom is 0.353 e. The number of carbonyl (C=O) groups is 3. The Labute approximate surface area is 86.8 Å². The Balaban J connectivity index is 3.62. The van der Waals surface area contributed by atoms with Crippen LogP contribution >= 0.6 is 0 Å². The zero-order chi connectivity index (χ0) is 12.5. The van der Waals surface area contributed by atoms with Gasteiger partial charge in [0, 0.05) is 0 Å². The van der Waals surface area contributed by atoms with Crippen LogP contribution in [0.3, 0.4) is 0 Å². The second-order valence-corrected chi connectivity index (χ2v) is 2.72. The molecule has 0 aliphatic heterocycles. The van der Waals surface area contributed by atoms with Gasteiger partial charge in [0.2, 0.25) is 0 Å². The smallest absolute Gasteiger partial charge is 0.353 e. The third-order valence-corrected chi connectivity index (χ3v) is 1.72. The maximum absolute atomic E-state index is 11.1. The van der Waals surface area contributed by atoms with Gasteiger partial charge in [-0.3, -0.25) is 4.79 Å². The van der Waals surface area contributed by atoms with Gasteiger partial charge in [-0.05, 0) is 6.07 Å². The SMILES string of the molecule is O=C(O)c1cc(C(=O)O)c(=O)[nH]c1C(=O)O. The van der Waals surface area contributed by atoms with E-state index >= 15 is 0 Å². The quantitative estimate of drug-likeness (QED) is 0.542. The molecule has 0 saturated carbocycles. The minimum Gasteiger partial charge on any atom is -0.478 e. The van der Waals surface area contributed by atoms with E-state index in [4.69, 9.17) is 15.3 Å². The standard InChI is InChI=1S/C8H5NO7/c10-5-3(7(13)14)1-2(6(11)12)4(9-5)8(15)16/h1H,(H,9,10)(H,11,12)(H,13,14)(H,15,16). The van der Waals surface area contributed by atoms with Crippen LogP contribution in [0.4, 0.5) is 0 Å². The van der Waals surface area contributed by atoms with Gasteiger partial charge in [-0.2, -0.15) is 0 Å². The fraction of sp³-hybridized carbons (Fsp3) is 0. The van der Waals surface area contributed by atoms with Gasteiger partial charge in [0.05, 0.1) is 5.56 Å². The maximum atomic E-state index is 11.1. The topological polar surface area (TPSA) is 145 Å². The van der Waals surface area contributed by atoms with Crippen molar-refractivity contribution in [1.29, 1.82) is 0 Å². The summed E-state index contributed by atoms with van der Waals surface area (Å²) >= 11 is 0. The largest absolute Gasteiger partial charge is 0.478 e. The lowest BCUT2D eigenvalue weighted by Crippen LogP contribution is -2.24. The van der Waals surface area contributed by atoms with Gasteiger partial charge in [0.15, 0.2) is 0 Å². The highest BCUT2D eigenvalue weighted by Crippen LogP contribution is 2.06. The molecule has 0 aromatic carbocycles. The first-order valence-corrected chi connectivity index (χ1v) is 3.81. The van der Waals surface area contributed by atoms with Crippen LogP contribution in [-0.4, -0.2) is 38.2 Å². The minimum atomic E-state index is -1.66. The Kier molecular flexibility index (Phi) is 2.75. The second kappa shape index (κ2) is 3.85. The average Bonchev–Trinajstić information content (AvgIpc) is 2.15. The fourth-order valence-electron chi connectivity index (χ4n) is 1.03. The number of aromatic nitrogens is 1. The number of hydrogen-bond donors (Lipinski definition) is 4. The monoisotopic (exact) mass is 227 g/mol. The second-order valence-electron chi connectivity index (χ2n) is 2.72. The molecule has 84 valence electrons. The van der Waals surface area contributed by atoms with E-state index in [0.29, 0.717) is 6.07 Å². The molecular weight excluding hydrogens is 222 g/mol. The lowest BCUT2D eigenvalue weighted by Gasteiger charge is -2.02. The van der Waals surface area contributed by atoms with Gasteiger partial charge in [-0.15, -0.1) is 0 Å². The van der Waals surface area contributed by atoms with Crippen molar-refractivity contribution >= 4 is 17.9 Å². The third kappa shape index (κ3) is 1.90.